The van der Waals surface area contributed by atoms with E-state index in [9.17, 15) is 14.4 Å². The highest BCUT2D eigenvalue weighted by atomic mass is 32.1. The van der Waals surface area contributed by atoms with Crippen molar-refractivity contribution < 1.29 is 23.9 Å². The Kier molecular flexibility index (Phi) is 7.55. The van der Waals surface area contributed by atoms with Crippen LogP contribution in [0.25, 0.3) is 0 Å². The van der Waals surface area contributed by atoms with Crippen LogP contribution in [-0.4, -0.2) is 30.9 Å². The first kappa shape index (κ1) is 20.6. The van der Waals surface area contributed by atoms with Gasteiger partial charge >= 0.3 is 5.97 Å². The van der Waals surface area contributed by atoms with Crippen molar-refractivity contribution in [3.05, 3.63) is 51.7 Å². The summed E-state index contributed by atoms with van der Waals surface area (Å²) in [4.78, 5) is 37.6. The van der Waals surface area contributed by atoms with Crippen molar-refractivity contribution in [2.45, 2.75) is 39.3 Å². The van der Waals surface area contributed by atoms with Crippen LogP contribution < -0.4 is 10.1 Å². The molecule has 7 heteroatoms. The third-order valence-corrected chi connectivity index (χ3v) is 4.92. The van der Waals surface area contributed by atoms with Crippen LogP contribution in [0.5, 0.6) is 5.75 Å². The number of benzene rings is 1. The second-order valence-corrected chi connectivity index (χ2v) is 7.32. The van der Waals surface area contributed by atoms with Gasteiger partial charge in [-0.2, -0.15) is 0 Å². The molecule has 0 aliphatic heterocycles. The smallest absolute Gasteiger partial charge is 0.307 e. The van der Waals surface area contributed by atoms with E-state index in [4.69, 9.17) is 9.47 Å². The molecule has 1 amide bonds. The summed E-state index contributed by atoms with van der Waals surface area (Å²) in [5.74, 6) is -0.315. The molecule has 2 aromatic rings. The lowest BCUT2D eigenvalue weighted by Crippen LogP contribution is -2.35. The Labute approximate surface area is 162 Å². The molecule has 0 aliphatic rings. The lowest BCUT2D eigenvalue weighted by atomic mass is 10.2. The zero-order chi connectivity index (χ0) is 19.8. The minimum atomic E-state index is -0.921. The number of hydrogen-bond donors (Lipinski definition) is 1. The number of carbonyl (C=O) groups excluding carboxylic acids is 3. The van der Waals surface area contributed by atoms with E-state index in [0.717, 1.165) is 16.2 Å². The Morgan fingerprint density at radius 3 is 2.37 bits per heavy atom. The van der Waals surface area contributed by atoms with Gasteiger partial charge in [0.2, 0.25) is 0 Å². The van der Waals surface area contributed by atoms with Crippen LogP contribution in [-0.2, 0) is 20.9 Å². The van der Waals surface area contributed by atoms with Crippen LogP contribution in [0, 0.1) is 6.92 Å². The van der Waals surface area contributed by atoms with Crippen LogP contribution in [0.15, 0.2) is 36.4 Å². The molecule has 27 heavy (non-hydrogen) atoms. The average Bonchev–Trinajstić information content (AvgIpc) is 3.11. The fourth-order valence-corrected chi connectivity index (χ4v) is 3.14. The third kappa shape index (κ3) is 6.53. The molecule has 0 spiro atoms. The Hall–Kier alpha value is -2.67. The Morgan fingerprint density at radius 2 is 1.78 bits per heavy atom. The highest BCUT2D eigenvalue weighted by Gasteiger charge is 2.19. The second kappa shape index (κ2) is 9.87. The third-order valence-electron chi connectivity index (χ3n) is 3.87. The lowest BCUT2D eigenvalue weighted by Gasteiger charge is -2.13. The normalized spacial score (nSPS) is 11.5. The molecule has 0 bridgehead atoms. The van der Waals surface area contributed by atoms with E-state index in [1.54, 1.807) is 25.3 Å². The van der Waals surface area contributed by atoms with Crippen LogP contribution in [0.4, 0.5) is 0 Å². The van der Waals surface area contributed by atoms with Gasteiger partial charge in [0.25, 0.3) is 5.91 Å². The van der Waals surface area contributed by atoms with E-state index in [-0.39, 0.29) is 24.5 Å². The predicted molar refractivity (Wildman–Crippen MR) is 103 cm³/mol. The molecule has 1 aromatic heterocycles. The molecule has 0 unspecified atom stereocenters. The fraction of sp³-hybridized carbons (Fsp3) is 0.350. The molecular weight excluding hydrogens is 366 g/mol. The summed E-state index contributed by atoms with van der Waals surface area (Å²) in [6.07, 6.45) is -0.903. The van der Waals surface area contributed by atoms with Crippen molar-refractivity contribution in [2.75, 3.05) is 7.11 Å². The molecule has 0 aliphatic carbocycles. The molecular formula is C20H23NO5S. The number of rotatable bonds is 9. The minimum Gasteiger partial charge on any atom is -0.497 e. The molecule has 0 saturated carbocycles. The van der Waals surface area contributed by atoms with Gasteiger partial charge in [0.15, 0.2) is 11.9 Å². The van der Waals surface area contributed by atoms with Crippen molar-refractivity contribution in [3.63, 3.8) is 0 Å². The Balaban J connectivity index is 1.72. The number of esters is 1. The van der Waals surface area contributed by atoms with Gasteiger partial charge < -0.3 is 14.8 Å². The average molecular weight is 389 g/mol. The molecule has 1 heterocycles. The van der Waals surface area contributed by atoms with Crippen molar-refractivity contribution in [1.82, 2.24) is 5.32 Å². The van der Waals surface area contributed by atoms with Crippen LogP contribution in [0.2, 0.25) is 0 Å². The van der Waals surface area contributed by atoms with Crippen LogP contribution in [0.3, 0.4) is 0 Å². The molecule has 2 rings (SSSR count). The lowest BCUT2D eigenvalue weighted by molar-refractivity contribution is -0.154. The molecule has 0 fully saturated rings. The number of nitrogens with one attached hydrogen (secondary N) is 1. The highest BCUT2D eigenvalue weighted by Crippen LogP contribution is 2.17. The molecule has 1 aromatic carbocycles. The maximum atomic E-state index is 12.1. The van der Waals surface area contributed by atoms with Crippen molar-refractivity contribution in [2.24, 2.45) is 0 Å². The topological polar surface area (TPSA) is 81.7 Å². The van der Waals surface area contributed by atoms with E-state index in [2.05, 4.69) is 5.32 Å². The number of aryl methyl sites for hydroxylation is 1. The summed E-state index contributed by atoms with van der Waals surface area (Å²) in [6.45, 7) is 3.74. The number of Topliss-reactive ketones (excluding diaryl/α,β-unsaturated/α-hetero) is 1. The summed E-state index contributed by atoms with van der Waals surface area (Å²) in [6, 6.07) is 10.9. The maximum Gasteiger partial charge on any atom is 0.307 e. The fourth-order valence-electron chi connectivity index (χ4n) is 2.31. The Bertz CT molecular complexity index is 797. The number of ether oxygens (including phenoxy) is 2. The molecule has 1 N–H and O–H groups in total. The number of thiophene rings is 1. The Morgan fingerprint density at radius 1 is 1.07 bits per heavy atom. The second-order valence-electron chi connectivity index (χ2n) is 6.03. The van der Waals surface area contributed by atoms with Crippen molar-refractivity contribution >= 4 is 29.0 Å². The summed E-state index contributed by atoms with van der Waals surface area (Å²) >= 11 is 1.40. The summed E-state index contributed by atoms with van der Waals surface area (Å²) < 4.78 is 10.2. The van der Waals surface area contributed by atoms with E-state index in [1.807, 2.05) is 25.1 Å². The zero-order valence-corrected chi connectivity index (χ0v) is 16.4. The van der Waals surface area contributed by atoms with Gasteiger partial charge in [0, 0.05) is 17.8 Å². The summed E-state index contributed by atoms with van der Waals surface area (Å²) in [5.41, 5.74) is 0.902. The predicted octanol–water partition coefficient (Wildman–Crippen LogP) is 3.28. The van der Waals surface area contributed by atoms with E-state index in [0.29, 0.717) is 11.4 Å². The number of carbonyl (C=O) groups is 3. The highest BCUT2D eigenvalue weighted by molar-refractivity contribution is 7.14. The van der Waals surface area contributed by atoms with Gasteiger partial charge in [-0.1, -0.05) is 12.1 Å². The van der Waals surface area contributed by atoms with Crippen LogP contribution >= 0.6 is 11.3 Å². The largest absolute Gasteiger partial charge is 0.497 e. The number of ketones is 1. The van der Waals surface area contributed by atoms with Gasteiger partial charge in [-0.25, -0.2) is 0 Å². The summed E-state index contributed by atoms with van der Waals surface area (Å²) in [7, 11) is 1.59. The molecule has 144 valence electrons. The number of methoxy groups -OCH3 is 1. The maximum absolute atomic E-state index is 12.1. The quantitative estimate of drug-likeness (QED) is 0.526. The SMILES string of the molecule is COc1ccc(CNC(=O)[C@@H](C)OC(=O)CCC(=O)c2ccc(C)s2)cc1. The van der Waals surface area contributed by atoms with E-state index >= 15 is 0 Å². The van der Waals surface area contributed by atoms with E-state index < -0.39 is 12.1 Å². The molecule has 1 atom stereocenters. The first-order valence-corrected chi connectivity index (χ1v) is 9.40. The minimum absolute atomic E-state index is 0.0497. The first-order chi connectivity index (χ1) is 12.9. The van der Waals surface area contributed by atoms with Gasteiger partial charge in [-0.15, -0.1) is 11.3 Å². The van der Waals surface area contributed by atoms with Gasteiger partial charge in [-0.05, 0) is 43.7 Å². The number of hydrogen-bond acceptors (Lipinski definition) is 6. The van der Waals surface area contributed by atoms with Gasteiger partial charge in [0.05, 0.1) is 18.4 Å². The van der Waals surface area contributed by atoms with Crippen LogP contribution in [0.1, 0.15) is 39.9 Å². The molecule has 0 radical (unpaired) electrons. The zero-order valence-electron chi connectivity index (χ0n) is 15.6. The van der Waals surface area contributed by atoms with Gasteiger partial charge in [-0.3, -0.25) is 14.4 Å². The molecule has 0 saturated heterocycles. The molecule has 6 nitrogen and oxygen atoms in total. The first-order valence-electron chi connectivity index (χ1n) is 8.59. The standard InChI is InChI=1S/C20H23NO5S/c1-13-4-10-18(27-13)17(22)9-11-19(23)26-14(2)20(24)21-12-15-5-7-16(25-3)8-6-15/h4-8,10,14H,9,11-12H2,1-3H3,(H,21,24)/t14-/m1/s1. The van der Waals surface area contributed by atoms with Gasteiger partial charge in [0.1, 0.15) is 5.75 Å². The number of amides is 1. The summed E-state index contributed by atoms with van der Waals surface area (Å²) in [5, 5.41) is 2.71. The van der Waals surface area contributed by atoms with E-state index in [1.165, 1.54) is 18.3 Å². The van der Waals surface area contributed by atoms with Crippen molar-refractivity contribution in [1.29, 1.82) is 0 Å². The monoisotopic (exact) mass is 389 g/mol. The van der Waals surface area contributed by atoms with Crippen molar-refractivity contribution in [3.8, 4) is 5.75 Å².